The zero-order chi connectivity index (χ0) is 20.1. The molecular weight excluding hydrogens is 374 g/mol. The Morgan fingerprint density at radius 3 is 2.54 bits per heavy atom. The van der Waals surface area contributed by atoms with Crippen LogP contribution in [0.1, 0.15) is 32.7 Å². The molecule has 1 aromatic heterocycles. The van der Waals surface area contributed by atoms with Crippen molar-refractivity contribution < 1.29 is 4.79 Å². The Morgan fingerprint density at radius 2 is 1.89 bits per heavy atom. The van der Waals surface area contributed by atoms with Crippen LogP contribution in [-0.4, -0.2) is 15.9 Å². The summed E-state index contributed by atoms with van der Waals surface area (Å²) in [6.45, 7) is 4.23. The summed E-state index contributed by atoms with van der Waals surface area (Å²) in [4.78, 5) is 21.3. The molecule has 6 nitrogen and oxygen atoms in total. The van der Waals surface area contributed by atoms with E-state index in [0.29, 0.717) is 29.6 Å². The number of carbonyl (C=O) groups excluding carboxylic acids is 1. The Labute approximate surface area is 169 Å². The molecule has 0 fully saturated rings. The Kier molecular flexibility index (Phi) is 6.23. The van der Waals surface area contributed by atoms with Gasteiger partial charge in [0.1, 0.15) is 0 Å². The van der Waals surface area contributed by atoms with E-state index < -0.39 is 0 Å². The lowest BCUT2D eigenvalue weighted by Crippen LogP contribution is -2.14. The molecule has 1 amide bonds. The molecule has 4 N–H and O–H groups in total. The van der Waals surface area contributed by atoms with Crippen LogP contribution >= 0.6 is 11.6 Å². The van der Waals surface area contributed by atoms with Crippen molar-refractivity contribution in [1.29, 1.82) is 0 Å². The van der Waals surface area contributed by atoms with Gasteiger partial charge in [0.15, 0.2) is 0 Å². The largest absolute Gasteiger partial charge is 0.326 e. The van der Waals surface area contributed by atoms with Crippen molar-refractivity contribution in [2.75, 3.05) is 10.6 Å². The second-order valence-electron chi connectivity index (χ2n) is 6.45. The number of alkyl halides is 1. The predicted molar refractivity (Wildman–Crippen MR) is 113 cm³/mol. The Balaban J connectivity index is 1.72. The van der Waals surface area contributed by atoms with Gasteiger partial charge in [-0.05, 0) is 60.9 Å². The fraction of sp³-hybridized carbons (Fsp3) is 0.190. The first-order valence-electron chi connectivity index (χ1n) is 8.86. The van der Waals surface area contributed by atoms with Gasteiger partial charge in [-0.2, -0.15) is 0 Å². The summed E-state index contributed by atoms with van der Waals surface area (Å²) in [6.07, 6.45) is 1.77. The van der Waals surface area contributed by atoms with Crippen LogP contribution in [0.5, 0.6) is 0 Å². The number of benzene rings is 2. The van der Waals surface area contributed by atoms with Crippen LogP contribution in [0.4, 0.5) is 17.3 Å². The lowest BCUT2D eigenvalue weighted by molar-refractivity contribution is 0.102. The zero-order valence-corrected chi connectivity index (χ0v) is 16.5. The van der Waals surface area contributed by atoms with Crippen LogP contribution < -0.4 is 16.4 Å². The van der Waals surface area contributed by atoms with Crippen molar-refractivity contribution >= 4 is 34.8 Å². The first-order chi connectivity index (χ1) is 13.5. The van der Waals surface area contributed by atoms with E-state index in [4.69, 9.17) is 17.3 Å². The molecular formula is C21H22ClN5O. The molecule has 7 heteroatoms. The van der Waals surface area contributed by atoms with Crippen molar-refractivity contribution in [2.45, 2.75) is 26.3 Å². The molecule has 0 unspecified atom stereocenters. The quantitative estimate of drug-likeness (QED) is 0.541. The van der Waals surface area contributed by atoms with Gasteiger partial charge in [0.05, 0.1) is 0 Å². The number of rotatable bonds is 6. The fourth-order valence-corrected chi connectivity index (χ4v) is 2.78. The number of aromatic nitrogens is 2. The maximum absolute atomic E-state index is 12.6. The van der Waals surface area contributed by atoms with Gasteiger partial charge in [-0.15, -0.1) is 11.6 Å². The summed E-state index contributed by atoms with van der Waals surface area (Å²) in [5.74, 6) is 0.676. The van der Waals surface area contributed by atoms with Crippen molar-refractivity contribution in [1.82, 2.24) is 9.97 Å². The minimum Gasteiger partial charge on any atom is -0.326 e. The lowest BCUT2D eigenvalue weighted by Gasteiger charge is -2.12. The molecule has 0 aliphatic rings. The van der Waals surface area contributed by atoms with Gasteiger partial charge < -0.3 is 16.4 Å². The number of amides is 1. The first kappa shape index (κ1) is 19.8. The summed E-state index contributed by atoms with van der Waals surface area (Å²) < 4.78 is 0. The maximum atomic E-state index is 12.6. The van der Waals surface area contributed by atoms with E-state index in [9.17, 15) is 4.79 Å². The smallest absolute Gasteiger partial charge is 0.255 e. The van der Waals surface area contributed by atoms with E-state index >= 15 is 0 Å². The standard InChI is InChI=1S/C21H22ClN5O/c1-13-12-24-21(25-14(13)2)26-18-7-5-16(6-8-18)20(28)27-19-9-15(10-22)3-4-17(19)11-23/h3-9,12H,10-11,23H2,1-2H3,(H,27,28)(H,24,25,26). The third kappa shape index (κ3) is 4.65. The van der Waals surface area contributed by atoms with Crippen molar-refractivity contribution in [3.63, 3.8) is 0 Å². The number of nitrogens with zero attached hydrogens (tertiary/aromatic N) is 2. The van der Waals surface area contributed by atoms with Crippen LogP contribution in [0, 0.1) is 13.8 Å². The average molecular weight is 396 g/mol. The number of halogens is 1. The SMILES string of the molecule is Cc1cnc(Nc2ccc(C(=O)Nc3cc(CCl)ccc3CN)cc2)nc1C. The average Bonchev–Trinajstić information content (AvgIpc) is 2.71. The molecule has 0 radical (unpaired) electrons. The summed E-state index contributed by atoms with van der Waals surface area (Å²) in [7, 11) is 0. The molecule has 3 rings (SSSR count). The maximum Gasteiger partial charge on any atom is 0.255 e. The number of hydrogen-bond acceptors (Lipinski definition) is 5. The Morgan fingerprint density at radius 1 is 1.14 bits per heavy atom. The molecule has 0 saturated carbocycles. The molecule has 1 heterocycles. The highest BCUT2D eigenvalue weighted by molar-refractivity contribution is 6.17. The summed E-state index contributed by atoms with van der Waals surface area (Å²) in [5.41, 5.74) is 11.5. The van der Waals surface area contributed by atoms with E-state index in [0.717, 1.165) is 28.1 Å². The Bertz CT molecular complexity index is 989. The minimum atomic E-state index is -0.213. The molecule has 0 aliphatic carbocycles. The van der Waals surface area contributed by atoms with E-state index in [1.807, 2.05) is 44.2 Å². The lowest BCUT2D eigenvalue weighted by atomic mass is 10.1. The van der Waals surface area contributed by atoms with Crippen molar-refractivity contribution in [3.8, 4) is 0 Å². The second-order valence-corrected chi connectivity index (χ2v) is 6.72. The molecule has 0 atom stereocenters. The summed E-state index contributed by atoms with van der Waals surface area (Å²) >= 11 is 5.89. The van der Waals surface area contributed by atoms with Crippen LogP contribution in [0.15, 0.2) is 48.7 Å². The number of carbonyl (C=O) groups is 1. The number of nitrogens with two attached hydrogens (primary N) is 1. The number of nitrogens with one attached hydrogen (secondary N) is 2. The highest BCUT2D eigenvalue weighted by Gasteiger charge is 2.10. The molecule has 3 aromatic rings. The van der Waals surface area contributed by atoms with Gasteiger partial charge >= 0.3 is 0 Å². The third-order valence-electron chi connectivity index (χ3n) is 4.42. The third-order valence-corrected chi connectivity index (χ3v) is 4.73. The number of anilines is 3. The molecule has 0 spiro atoms. The van der Waals surface area contributed by atoms with Crippen LogP contribution in [-0.2, 0) is 12.4 Å². The molecule has 28 heavy (non-hydrogen) atoms. The highest BCUT2D eigenvalue weighted by Crippen LogP contribution is 2.21. The molecule has 0 aliphatic heterocycles. The molecule has 144 valence electrons. The second kappa shape index (κ2) is 8.82. The topological polar surface area (TPSA) is 92.9 Å². The van der Waals surface area contributed by atoms with E-state index in [1.54, 1.807) is 18.3 Å². The number of aryl methyl sites for hydroxylation is 2. The fourth-order valence-electron chi connectivity index (χ4n) is 2.62. The first-order valence-corrected chi connectivity index (χ1v) is 9.40. The molecule has 0 bridgehead atoms. The van der Waals surface area contributed by atoms with Gasteiger partial charge in [-0.3, -0.25) is 4.79 Å². The Hall–Kier alpha value is -2.96. The minimum absolute atomic E-state index is 0.213. The predicted octanol–water partition coefficient (Wildman–Crippen LogP) is 4.29. The van der Waals surface area contributed by atoms with Crippen LogP contribution in [0.2, 0.25) is 0 Å². The van der Waals surface area contributed by atoms with Gasteiger partial charge in [-0.1, -0.05) is 12.1 Å². The van der Waals surface area contributed by atoms with Crippen LogP contribution in [0.25, 0.3) is 0 Å². The molecule has 0 saturated heterocycles. The van der Waals surface area contributed by atoms with E-state index in [1.165, 1.54) is 0 Å². The molecule has 2 aromatic carbocycles. The van der Waals surface area contributed by atoms with Crippen molar-refractivity contribution in [3.05, 3.63) is 76.6 Å². The van der Waals surface area contributed by atoms with Gasteiger partial charge in [0.25, 0.3) is 5.91 Å². The van der Waals surface area contributed by atoms with E-state index in [-0.39, 0.29) is 5.91 Å². The van der Waals surface area contributed by atoms with Gasteiger partial charge in [0.2, 0.25) is 5.95 Å². The summed E-state index contributed by atoms with van der Waals surface area (Å²) in [5, 5.41) is 6.05. The van der Waals surface area contributed by atoms with Crippen molar-refractivity contribution in [2.24, 2.45) is 5.73 Å². The van der Waals surface area contributed by atoms with Gasteiger partial charge in [-0.25, -0.2) is 9.97 Å². The van der Waals surface area contributed by atoms with Gasteiger partial charge in [0, 0.05) is 41.3 Å². The van der Waals surface area contributed by atoms with Crippen LogP contribution in [0.3, 0.4) is 0 Å². The number of hydrogen-bond donors (Lipinski definition) is 3. The van der Waals surface area contributed by atoms with E-state index in [2.05, 4.69) is 20.6 Å². The normalized spacial score (nSPS) is 10.6. The summed E-state index contributed by atoms with van der Waals surface area (Å²) in [6, 6.07) is 12.7. The monoisotopic (exact) mass is 395 g/mol. The highest BCUT2D eigenvalue weighted by atomic mass is 35.5. The zero-order valence-electron chi connectivity index (χ0n) is 15.8.